The van der Waals surface area contributed by atoms with E-state index in [2.05, 4.69) is 0 Å². The van der Waals surface area contributed by atoms with Crippen molar-refractivity contribution in [2.45, 2.75) is 13.0 Å². The van der Waals surface area contributed by atoms with Gasteiger partial charge in [0.1, 0.15) is 11.5 Å². The third-order valence-corrected chi connectivity index (χ3v) is 2.79. The molecule has 2 rings (SSSR count). The highest BCUT2D eigenvalue weighted by atomic mass is 16.9. The second-order valence-corrected chi connectivity index (χ2v) is 5.21. The summed E-state index contributed by atoms with van der Waals surface area (Å²) in [5.74, 6) is 1.74. The topological polar surface area (TPSA) is 91.6 Å². The molecule has 0 saturated carbocycles. The third kappa shape index (κ3) is 10.8. The number of hydroxylamine groups is 2. The fourth-order valence-electron chi connectivity index (χ4n) is 1.76. The van der Waals surface area contributed by atoms with Crippen LogP contribution in [-0.2, 0) is 9.68 Å². The molecular formula is C19H27NO6. The Morgan fingerprint density at radius 1 is 0.808 bits per heavy atom. The van der Waals surface area contributed by atoms with Crippen LogP contribution in [0.25, 0.3) is 0 Å². The summed E-state index contributed by atoms with van der Waals surface area (Å²) in [4.78, 5) is 9.79. The van der Waals surface area contributed by atoms with Crippen molar-refractivity contribution in [2.75, 3.05) is 33.0 Å². The van der Waals surface area contributed by atoms with E-state index < -0.39 is 6.10 Å². The van der Waals surface area contributed by atoms with E-state index in [1.807, 2.05) is 60.7 Å². The maximum Gasteiger partial charge on any atom is 0.127 e. The Morgan fingerprint density at radius 2 is 1.23 bits per heavy atom. The van der Waals surface area contributed by atoms with Gasteiger partial charge in [-0.15, -0.1) is 0 Å². The molecule has 0 spiro atoms. The summed E-state index contributed by atoms with van der Waals surface area (Å²) in [6.45, 7) is 1.69. The van der Waals surface area contributed by atoms with Gasteiger partial charge in [0.15, 0.2) is 0 Å². The number of ether oxygens (including phenoxy) is 1. The quantitative estimate of drug-likeness (QED) is 0.555. The summed E-state index contributed by atoms with van der Waals surface area (Å²) in [5.41, 5.74) is 0. The van der Waals surface area contributed by atoms with E-state index in [0.29, 0.717) is 0 Å². The van der Waals surface area contributed by atoms with Crippen LogP contribution in [0.1, 0.15) is 6.92 Å². The van der Waals surface area contributed by atoms with Gasteiger partial charge in [0.05, 0.1) is 39.1 Å². The fourth-order valence-corrected chi connectivity index (χ4v) is 1.76. The Kier molecular flexibility index (Phi) is 12.0. The molecule has 0 amide bonds. The van der Waals surface area contributed by atoms with Crippen LogP contribution in [-0.4, -0.2) is 59.6 Å². The van der Waals surface area contributed by atoms with Crippen molar-refractivity contribution in [3.8, 4) is 11.5 Å². The van der Waals surface area contributed by atoms with E-state index in [1.54, 1.807) is 6.92 Å². The van der Waals surface area contributed by atoms with E-state index in [-0.39, 0.29) is 33.0 Å². The Labute approximate surface area is 153 Å². The highest BCUT2D eigenvalue weighted by Crippen LogP contribution is 2.19. The lowest BCUT2D eigenvalue weighted by Gasteiger charge is -2.21. The van der Waals surface area contributed by atoms with Gasteiger partial charge in [-0.2, -0.15) is 0 Å². The lowest BCUT2D eigenvalue weighted by atomic mass is 10.3. The van der Waals surface area contributed by atoms with Crippen molar-refractivity contribution in [3.63, 3.8) is 0 Å². The first-order valence-electron chi connectivity index (χ1n) is 8.36. The SMILES string of the molecule is CC(O)CN(OCCO)OCCO.c1ccc(Oc2ccccc2)cc1. The number of aliphatic hydroxyl groups excluding tert-OH is 3. The summed E-state index contributed by atoms with van der Waals surface area (Å²) in [7, 11) is 0. The fraction of sp³-hybridized carbons (Fsp3) is 0.368. The highest BCUT2D eigenvalue weighted by Gasteiger charge is 2.08. The summed E-state index contributed by atoms with van der Waals surface area (Å²) >= 11 is 0. The van der Waals surface area contributed by atoms with Crippen molar-refractivity contribution < 1.29 is 29.7 Å². The Morgan fingerprint density at radius 3 is 1.58 bits per heavy atom. The largest absolute Gasteiger partial charge is 0.457 e. The molecule has 7 nitrogen and oxygen atoms in total. The first-order chi connectivity index (χ1) is 12.7. The lowest BCUT2D eigenvalue weighted by Crippen LogP contribution is -2.33. The lowest BCUT2D eigenvalue weighted by molar-refractivity contribution is -0.376. The normalized spacial score (nSPS) is 11.6. The molecule has 0 fully saturated rings. The zero-order valence-electron chi connectivity index (χ0n) is 14.9. The van der Waals surface area contributed by atoms with Gasteiger partial charge in [-0.05, 0) is 31.2 Å². The van der Waals surface area contributed by atoms with Gasteiger partial charge < -0.3 is 20.1 Å². The Balaban J connectivity index is 0.000000260. The molecule has 7 heteroatoms. The molecule has 0 aliphatic heterocycles. The molecule has 1 atom stereocenters. The van der Waals surface area contributed by atoms with Crippen LogP contribution >= 0.6 is 0 Å². The van der Waals surface area contributed by atoms with Gasteiger partial charge in [0.25, 0.3) is 0 Å². The Hall–Kier alpha value is -2.00. The molecular weight excluding hydrogens is 338 g/mol. The minimum Gasteiger partial charge on any atom is -0.457 e. The summed E-state index contributed by atoms with van der Waals surface area (Å²) in [6.07, 6.45) is -0.600. The standard InChI is InChI=1S/C12H10O.C7H17NO5/c1-3-7-11(8-4-1)13-12-9-5-2-6-10-12;1-7(11)6-8(12-4-2-9)13-5-3-10/h1-10H;7,9-11H,2-6H2,1H3. The average molecular weight is 365 g/mol. The molecule has 0 bridgehead atoms. The van der Waals surface area contributed by atoms with Crippen LogP contribution in [0.15, 0.2) is 60.7 Å². The molecule has 2 aromatic rings. The minimum atomic E-state index is -0.600. The van der Waals surface area contributed by atoms with Crippen LogP contribution in [0.2, 0.25) is 0 Å². The summed E-state index contributed by atoms with van der Waals surface area (Å²) < 4.78 is 5.58. The van der Waals surface area contributed by atoms with E-state index >= 15 is 0 Å². The van der Waals surface area contributed by atoms with Crippen LogP contribution in [0.4, 0.5) is 0 Å². The molecule has 0 aliphatic carbocycles. The number of rotatable bonds is 10. The van der Waals surface area contributed by atoms with Crippen molar-refractivity contribution in [1.29, 1.82) is 0 Å². The maximum absolute atomic E-state index is 8.99. The molecule has 0 heterocycles. The van der Waals surface area contributed by atoms with Crippen LogP contribution in [0.5, 0.6) is 11.5 Å². The van der Waals surface area contributed by atoms with Crippen molar-refractivity contribution >= 4 is 0 Å². The summed E-state index contributed by atoms with van der Waals surface area (Å²) in [5, 5.41) is 27.0. The van der Waals surface area contributed by atoms with Gasteiger partial charge in [-0.1, -0.05) is 41.6 Å². The second kappa shape index (κ2) is 14.2. The maximum atomic E-state index is 8.99. The molecule has 0 aliphatic rings. The molecule has 1 unspecified atom stereocenters. The van der Waals surface area contributed by atoms with Gasteiger partial charge in [-0.25, -0.2) is 0 Å². The molecule has 0 aromatic heterocycles. The van der Waals surface area contributed by atoms with Crippen LogP contribution in [0.3, 0.4) is 0 Å². The average Bonchev–Trinajstić information content (AvgIpc) is 2.66. The van der Waals surface area contributed by atoms with E-state index in [0.717, 1.165) is 16.7 Å². The van der Waals surface area contributed by atoms with Crippen LogP contribution < -0.4 is 4.74 Å². The second-order valence-electron chi connectivity index (χ2n) is 5.21. The van der Waals surface area contributed by atoms with E-state index in [9.17, 15) is 0 Å². The van der Waals surface area contributed by atoms with E-state index in [4.69, 9.17) is 29.7 Å². The minimum absolute atomic E-state index is 0.0954. The number of hydrogen-bond donors (Lipinski definition) is 3. The number of para-hydroxylation sites is 2. The van der Waals surface area contributed by atoms with Crippen molar-refractivity contribution in [1.82, 2.24) is 5.23 Å². The predicted molar refractivity (Wildman–Crippen MR) is 97.4 cm³/mol. The molecule has 144 valence electrons. The third-order valence-electron chi connectivity index (χ3n) is 2.79. The van der Waals surface area contributed by atoms with E-state index in [1.165, 1.54) is 0 Å². The smallest absolute Gasteiger partial charge is 0.127 e. The predicted octanol–water partition coefficient (Wildman–Crippen LogP) is 2.00. The van der Waals surface area contributed by atoms with Gasteiger partial charge >= 0.3 is 0 Å². The number of benzene rings is 2. The molecule has 26 heavy (non-hydrogen) atoms. The number of aliphatic hydroxyl groups is 3. The Bertz CT molecular complexity index is 507. The highest BCUT2D eigenvalue weighted by molar-refractivity contribution is 5.30. The zero-order chi connectivity index (χ0) is 19.0. The van der Waals surface area contributed by atoms with Crippen molar-refractivity contribution in [2.24, 2.45) is 0 Å². The zero-order valence-corrected chi connectivity index (χ0v) is 14.9. The molecule has 3 N–H and O–H groups in total. The van der Waals surface area contributed by atoms with Crippen LogP contribution in [0, 0.1) is 0 Å². The monoisotopic (exact) mass is 365 g/mol. The first-order valence-corrected chi connectivity index (χ1v) is 8.36. The summed E-state index contributed by atoms with van der Waals surface area (Å²) in [6, 6.07) is 19.5. The number of nitrogens with zero attached hydrogens (tertiary/aromatic N) is 1. The molecule has 0 radical (unpaired) electrons. The van der Waals surface area contributed by atoms with Gasteiger partial charge in [0, 0.05) is 0 Å². The van der Waals surface area contributed by atoms with Gasteiger partial charge in [0.2, 0.25) is 0 Å². The molecule has 2 aromatic carbocycles. The number of hydrogen-bond acceptors (Lipinski definition) is 7. The van der Waals surface area contributed by atoms with Crippen molar-refractivity contribution in [3.05, 3.63) is 60.7 Å². The first kappa shape index (κ1) is 22.0. The molecule has 0 saturated heterocycles. The van der Waals surface area contributed by atoms with Gasteiger partial charge in [-0.3, -0.25) is 9.68 Å².